The molecule has 0 atom stereocenters. The van der Waals surface area contributed by atoms with E-state index in [9.17, 15) is 4.79 Å². The third kappa shape index (κ3) is 4.07. The van der Waals surface area contributed by atoms with Crippen LogP contribution in [0, 0.1) is 6.92 Å². The van der Waals surface area contributed by atoms with Crippen LogP contribution in [0.1, 0.15) is 16.1 Å². The van der Waals surface area contributed by atoms with Crippen LogP contribution in [-0.2, 0) is 0 Å². The lowest BCUT2D eigenvalue weighted by molar-refractivity contribution is 0.0746. The SMILES string of the molecule is Cc1cc(Nc2ncc(C(=O)N3CCN(c4cccc(Cl)c4)CC3)cn2)no1. The van der Waals surface area contributed by atoms with Crippen molar-refractivity contribution in [3.05, 3.63) is 59.1 Å². The Bertz CT molecular complexity index is 967. The minimum Gasteiger partial charge on any atom is -0.368 e. The van der Waals surface area contributed by atoms with Gasteiger partial charge in [-0.25, -0.2) is 9.97 Å². The fourth-order valence-corrected chi connectivity index (χ4v) is 3.25. The number of amides is 1. The van der Waals surface area contributed by atoms with Crippen molar-refractivity contribution in [1.82, 2.24) is 20.0 Å². The molecule has 0 spiro atoms. The quantitative estimate of drug-likeness (QED) is 0.722. The molecule has 0 unspecified atom stereocenters. The van der Waals surface area contributed by atoms with E-state index in [4.69, 9.17) is 16.1 Å². The van der Waals surface area contributed by atoms with E-state index in [1.807, 2.05) is 29.2 Å². The minimum absolute atomic E-state index is 0.0745. The summed E-state index contributed by atoms with van der Waals surface area (Å²) in [5.74, 6) is 1.49. The van der Waals surface area contributed by atoms with Crippen molar-refractivity contribution in [1.29, 1.82) is 0 Å². The summed E-state index contributed by atoms with van der Waals surface area (Å²) in [7, 11) is 0. The molecule has 0 bridgehead atoms. The topological polar surface area (TPSA) is 87.4 Å². The number of halogens is 1. The van der Waals surface area contributed by atoms with Crippen molar-refractivity contribution in [2.24, 2.45) is 0 Å². The first-order chi connectivity index (χ1) is 13.6. The van der Waals surface area contributed by atoms with Gasteiger partial charge in [0.1, 0.15) is 5.76 Å². The summed E-state index contributed by atoms with van der Waals surface area (Å²) in [6, 6.07) is 9.49. The molecule has 4 rings (SSSR count). The predicted octanol–water partition coefficient (Wildman–Crippen LogP) is 3.13. The number of nitrogens with one attached hydrogen (secondary N) is 1. The first-order valence-electron chi connectivity index (χ1n) is 8.91. The second-order valence-electron chi connectivity index (χ2n) is 6.50. The zero-order valence-corrected chi connectivity index (χ0v) is 16.1. The lowest BCUT2D eigenvalue weighted by atomic mass is 10.2. The van der Waals surface area contributed by atoms with Crippen LogP contribution < -0.4 is 10.2 Å². The van der Waals surface area contributed by atoms with Crippen molar-refractivity contribution in [2.75, 3.05) is 36.4 Å². The number of anilines is 3. The number of aryl methyl sites for hydroxylation is 1. The van der Waals surface area contributed by atoms with Crippen LogP contribution in [0.25, 0.3) is 0 Å². The number of hydrogen-bond acceptors (Lipinski definition) is 7. The highest BCUT2D eigenvalue weighted by molar-refractivity contribution is 6.30. The number of nitrogens with zero attached hydrogens (tertiary/aromatic N) is 5. The monoisotopic (exact) mass is 398 g/mol. The molecular weight excluding hydrogens is 380 g/mol. The highest BCUT2D eigenvalue weighted by Gasteiger charge is 2.23. The van der Waals surface area contributed by atoms with E-state index in [0.29, 0.717) is 41.2 Å². The van der Waals surface area contributed by atoms with Crippen molar-refractivity contribution in [3.63, 3.8) is 0 Å². The summed E-state index contributed by atoms with van der Waals surface area (Å²) >= 11 is 6.07. The smallest absolute Gasteiger partial charge is 0.257 e. The molecule has 1 aliphatic rings. The summed E-state index contributed by atoms with van der Waals surface area (Å²) in [6.45, 7) is 4.55. The fraction of sp³-hybridized carbons (Fsp3) is 0.263. The van der Waals surface area contributed by atoms with E-state index in [2.05, 4.69) is 25.3 Å². The summed E-state index contributed by atoms with van der Waals surface area (Å²) in [5, 5.41) is 7.47. The van der Waals surface area contributed by atoms with Gasteiger partial charge in [-0.2, -0.15) is 0 Å². The molecule has 1 saturated heterocycles. The first kappa shape index (κ1) is 18.2. The van der Waals surface area contributed by atoms with E-state index in [0.717, 1.165) is 18.8 Å². The molecule has 2 aromatic heterocycles. The second kappa shape index (κ2) is 7.85. The normalized spacial score (nSPS) is 14.2. The molecular formula is C19H19ClN6O2. The number of benzene rings is 1. The van der Waals surface area contributed by atoms with Crippen LogP contribution in [0.4, 0.5) is 17.5 Å². The first-order valence-corrected chi connectivity index (χ1v) is 9.28. The molecule has 0 saturated carbocycles. The average molecular weight is 399 g/mol. The average Bonchev–Trinajstić information content (AvgIpc) is 3.13. The van der Waals surface area contributed by atoms with Gasteiger partial charge in [-0.1, -0.05) is 22.8 Å². The summed E-state index contributed by atoms with van der Waals surface area (Å²) in [4.78, 5) is 25.2. The van der Waals surface area contributed by atoms with Gasteiger partial charge in [-0.15, -0.1) is 0 Å². The lowest BCUT2D eigenvalue weighted by Gasteiger charge is -2.36. The van der Waals surface area contributed by atoms with Gasteiger partial charge >= 0.3 is 0 Å². The van der Waals surface area contributed by atoms with E-state index < -0.39 is 0 Å². The second-order valence-corrected chi connectivity index (χ2v) is 6.94. The molecule has 1 N–H and O–H groups in total. The maximum absolute atomic E-state index is 12.7. The van der Waals surface area contributed by atoms with Crippen LogP contribution in [-0.4, -0.2) is 52.1 Å². The highest BCUT2D eigenvalue weighted by atomic mass is 35.5. The Labute approximate surface area is 167 Å². The van der Waals surface area contributed by atoms with Crippen molar-refractivity contribution in [2.45, 2.75) is 6.92 Å². The Hall–Kier alpha value is -3.13. The molecule has 0 radical (unpaired) electrons. The summed E-state index contributed by atoms with van der Waals surface area (Å²) in [5.41, 5.74) is 1.53. The van der Waals surface area contributed by atoms with Crippen LogP contribution in [0.5, 0.6) is 0 Å². The van der Waals surface area contributed by atoms with Gasteiger partial charge in [0.15, 0.2) is 5.82 Å². The van der Waals surface area contributed by atoms with Gasteiger partial charge in [-0.05, 0) is 25.1 Å². The molecule has 3 heterocycles. The molecule has 28 heavy (non-hydrogen) atoms. The van der Waals surface area contributed by atoms with Crippen molar-refractivity contribution >= 4 is 35.0 Å². The number of carbonyl (C=O) groups excluding carboxylic acids is 1. The van der Waals surface area contributed by atoms with Crippen molar-refractivity contribution < 1.29 is 9.32 Å². The molecule has 9 heteroatoms. The molecule has 8 nitrogen and oxygen atoms in total. The third-order valence-corrected chi connectivity index (χ3v) is 4.74. The van der Waals surface area contributed by atoms with E-state index in [-0.39, 0.29) is 5.91 Å². The Balaban J connectivity index is 1.36. The van der Waals surface area contributed by atoms with Gasteiger partial charge in [0.2, 0.25) is 5.95 Å². The summed E-state index contributed by atoms with van der Waals surface area (Å²) < 4.78 is 4.98. The van der Waals surface area contributed by atoms with Crippen molar-refractivity contribution in [3.8, 4) is 0 Å². The van der Waals surface area contributed by atoms with E-state index >= 15 is 0 Å². The standard InChI is InChI=1S/C19H19ClN6O2/c1-13-9-17(24-28-13)23-19-21-11-14(12-22-19)18(27)26-7-5-25(6-8-26)16-4-2-3-15(20)10-16/h2-4,9-12H,5-8H2,1H3,(H,21,22,23,24). The number of hydrogen-bond donors (Lipinski definition) is 1. The highest BCUT2D eigenvalue weighted by Crippen LogP contribution is 2.21. The Morgan fingerprint density at radius 3 is 2.54 bits per heavy atom. The van der Waals surface area contributed by atoms with Crippen LogP contribution >= 0.6 is 11.6 Å². The Morgan fingerprint density at radius 1 is 1.14 bits per heavy atom. The van der Waals surface area contributed by atoms with Crippen LogP contribution in [0.2, 0.25) is 5.02 Å². The minimum atomic E-state index is -0.0745. The molecule has 1 aromatic carbocycles. The Kier molecular flexibility index (Phi) is 5.12. The number of aromatic nitrogens is 3. The zero-order chi connectivity index (χ0) is 19.5. The fourth-order valence-electron chi connectivity index (χ4n) is 3.07. The van der Waals surface area contributed by atoms with Gasteiger partial charge in [0.25, 0.3) is 5.91 Å². The summed E-state index contributed by atoms with van der Waals surface area (Å²) in [6.07, 6.45) is 3.04. The molecule has 144 valence electrons. The zero-order valence-electron chi connectivity index (χ0n) is 15.3. The number of rotatable bonds is 4. The van der Waals surface area contributed by atoms with Crippen LogP contribution in [0.15, 0.2) is 47.2 Å². The molecule has 1 aliphatic heterocycles. The van der Waals surface area contributed by atoms with Gasteiger partial charge < -0.3 is 19.6 Å². The largest absolute Gasteiger partial charge is 0.368 e. The van der Waals surface area contributed by atoms with E-state index in [1.165, 1.54) is 12.4 Å². The van der Waals surface area contributed by atoms with Gasteiger partial charge in [-0.3, -0.25) is 4.79 Å². The van der Waals surface area contributed by atoms with Crippen LogP contribution in [0.3, 0.4) is 0 Å². The molecule has 1 fully saturated rings. The maximum Gasteiger partial charge on any atom is 0.257 e. The Morgan fingerprint density at radius 2 is 1.89 bits per heavy atom. The number of carbonyl (C=O) groups is 1. The lowest BCUT2D eigenvalue weighted by Crippen LogP contribution is -2.48. The predicted molar refractivity (Wildman–Crippen MR) is 106 cm³/mol. The number of piperazine rings is 1. The third-order valence-electron chi connectivity index (χ3n) is 4.51. The van der Waals surface area contributed by atoms with Gasteiger partial charge in [0.05, 0.1) is 5.56 Å². The molecule has 3 aromatic rings. The van der Waals surface area contributed by atoms with Gasteiger partial charge in [0, 0.05) is 55.3 Å². The molecule has 0 aliphatic carbocycles. The van der Waals surface area contributed by atoms with E-state index in [1.54, 1.807) is 13.0 Å². The molecule has 1 amide bonds. The maximum atomic E-state index is 12.7.